The van der Waals surface area contributed by atoms with Crippen LogP contribution in [0, 0.1) is 25.2 Å². The lowest BCUT2D eigenvalue weighted by atomic mass is 10.1. The summed E-state index contributed by atoms with van der Waals surface area (Å²) < 4.78 is 12.9. The molecule has 0 bridgehead atoms. The molecule has 2 aromatic carbocycles. The molecule has 0 spiro atoms. The number of nitrogens with zero attached hydrogens (tertiary/aromatic N) is 1. The van der Waals surface area contributed by atoms with Gasteiger partial charge in [-0.2, -0.15) is 5.26 Å². The zero-order valence-corrected chi connectivity index (χ0v) is 12.5. The molecule has 0 aliphatic carbocycles. The molecule has 0 saturated heterocycles. The molecule has 0 amide bonds. The van der Waals surface area contributed by atoms with Gasteiger partial charge in [0.15, 0.2) is 0 Å². The van der Waals surface area contributed by atoms with Gasteiger partial charge in [0.05, 0.1) is 28.5 Å². The summed E-state index contributed by atoms with van der Waals surface area (Å²) in [6, 6.07) is 17.7. The maximum atomic E-state index is 12.9. The first-order valence-corrected chi connectivity index (χ1v) is 7.74. The maximum absolute atomic E-state index is 12.9. The van der Waals surface area contributed by atoms with Crippen molar-refractivity contribution in [2.24, 2.45) is 0 Å². The van der Waals surface area contributed by atoms with Crippen molar-refractivity contribution in [3.8, 4) is 6.07 Å². The van der Waals surface area contributed by atoms with E-state index in [4.69, 9.17) is 5.26 Å². The highest BCUT2D eigenvalue weighted by Crippen LogP contribution is 2.30. The Bertz CT molecular complexity index is 658. The molecule has 20 heavy (non-hydrogen) atoms. The lowest BCUT2D eigenvalue weighted by Crippen LogP contribution is -2.08. The van der Waals surface area contributed by atoms with Crippen LogP contribution in [0.1, 0.15) is 28.4 Å². The van der Waals surface area contributed by atoms with Crippen LogP contribution in [0.4, 0.5) is 0 Å². The second-order valence-corrected chi connectivity index (χ2v) is 6.43. The summed E-state index contributed by atoms with van der Waals surface area (Å²) in [4.78, 5) is 0.828. The Hall–Kier alpha value is -1.92. The van der Waals surface area contributed by atoms with Crippen molar-refractivity contribution in [3.63, 3.8) is 0 Å². The number of aryl methyl sites for hydroxylation is 2. The Kier molecular flexibility index (Phi) is 4.70. The highest BCUT2D eigenvalue weighted by Gasteiger charge is 2.21. The Morgan fingerprint density at radius 1 is 1.15 bits per heavy atom. The molecule has 0 aromatic heterocycles. The van der Waals surface area contributed by atoms with Crippen LogP contribution in [0.25, 0.3) is 0 Å². The lowest BCUT2D eigenvalue weighted by molar-refractivity contribution is 0.672. The maximum Gasteiger partial charge on any atom is 0.0773 e. The van der Waals surface area contributed by atoms with Gasteiger partial charge in [0.1, 0.15) is 0 Å². The summed E-state index contributed by atoms with van der Waals surface area (Å²) in [6.45, 7) is 3.95. The van der Waals surface area contributed by atoms with Crippen LogP contribution in [-0.2, 0) is 10.8 Å². The van der Waals surface area contributed by atoms with E-state index >= 15 is 0 Å². The summed E-state index contributed by atoms with van der Waals surface area (Å²) in [5, 5.41) is 8.76. The molecule has 2 nitrogen and oxygen atoms in total. The molecule has 102 valence electrons. The predicted octanol–water partition coefficient (Wildman–Crippen LogP) is 4.07. The number of hydrogen-bond acceptors (Lipinski definition) is 2. The standard InChI is InChI=1S/C17H17NOS/c1-13-8-9-14(2)17(12-13)20(19)16(10-11-18)15-6-4-3-5-7-15/h3-9,12,16H,10H2,1-2H3. The van der Waals surface area contributed by atoms with Crippen molar-refractivity contribution < 1.29 is 4.21 Å². The molecular formula is C17H17NOS. The Balaban J connectivity index is 2.42. The number of benzene rings is 2. The molecule has 0 saturated carbocycles. The third-order valence-corrected chi connectivity index (χ3v) is 5.10. The van der Waals surface area contributed by atoms with Gasteiger partial charge in [-0.25, -0.2) is 0 Å². The molecule has 2 unspecified atom stereocenters. The zero-order valence-electron chi connectivity index (χ0n) is 11.7. The second kappa shape index (κ2) is 6.49. The smallest absolute Gasteiger partial charge is 0.0773 e. The van der Waals surface area contributed by atoms with Crippen molar-refractivity contribution in [3.05, 3.63) is 65.2 Å². The lowest BCUT2D eigenvalue weighted by Gasteiger charge is -2.16. The van der Waals surface area contributed by atoms with E-state index in [1.54, 1.807) is 0 Å². The fourth-order valence-electron chi connectivity index (χ4n) is 2.15. The van der Waals surface area contributed by atoms with Crippen molar-refractivity contribution in [2.45, 2.75) is 30.4 Å². The first kappa shape index (κ1) is 14.5. The second-order valence-electron chi connectivity index (χ2n) is 4.83. The minimum absolute atomic E-state index is 0.254. The quantitative estimate of drug-likeness (QED) is 0.848. The molecule has 0 aliphatic heterocycles. The van der Waals surface area contributed by atoms with Gasteiger partial charge in [-0.05, 0) is 36.6 Å². The zero-order chi connectivity index (χ0) is 14.5. The van der Waals surface area contributed by atoms with Crippen molar-refractivity contribution in [2.75, 3.05) is 0 Å². The molecule has 2 aromatic rings. The summed E-state index contributed by atoms with van der Waals surface area (Å²) in [6.07, 6.45) is 0.254. The molecule has 0 heterocycles. The SMILES string of the molecule is Cc1ccc(C)c(S(=O)C(CC#N)c2ccccc2)c1. The average molecular weight is 283 g/mol. The van der Waals surface area contributed by atoms with Crippen LogP contribution in [0.15, 0.2) is 53.4 Å². The molecule has 2 atom stereocenters. The van der Waals surface area contributed by atoms with Gasteiger partial charge in [0, 0.05) is 4.90 Å². The third-order valence-electron chi connectivity index (χ3n) is 3.27. The molecule has 0 fully saturated rings. The normalized spacial score (nSPS) is 13.4. The van der Waals surface area contributed by atoms with Gasteiger partial charge in [-0.15, -0.1) is 0 Å². The predicted molar refractivity (Wildman–Crippen MR) is 81.7 cm³/mol. The Morgan fingerprint density at radius 2 is 1.85 bits per heavy atom. The molecule has 0 radical (unpaired) electrons. The van der Waals surface area contributed by atoms with Gasteiger partial charge in [0.2, 0.25) is 0 Å². The average Bonchev–Trinajstić information content (AvgIpc) is 2.47. The van der Waals surface area contributed by atoms with Gasteiger partial charge < -0.3 is 0 Å². The molecular weight excluding hydrogens is 266 g/mol. The molecule has 3 heteroatoms. The van der Waals surface area contributed by atoms with E-state index in [9.17, 15) is 4.21 Å². The Labute approximate surface area is 122 Å². The van der Waals surface area contributed by atoms with Crippen LogP contribution in [0.2, 0.25) is 0 Å². The van der Waals surface area contributed by atoms with Gasteiger partial charge in [-0.1, -0.05) is 42.5 Å². The van der Waals surface area contributed by atoms with E-state index < -0.39 is 10.8 Å². The van der Waals surface area contributed by atoms with E-state index in [-0.39, 0.29) is 11.7 Å². The molecule has 0 N–H and O–H groups in total. The largest absolute Gasteiger partial charge is 0.254 e. The summed E-state index contributed by atoms with van der Waals surface area (Å²) in [7, 11) is -1.22. The van der Waals surface area contributed by atoms with Crippen molar-refractivity contribution in [1.29, 1.82) is 5.26 Å². The summed E-state index contributed by atoms with van der Waals surface area (Å²) in [5.41, 5.74) is 3.05. The first-order valence-electron chi connectivity index (χ1n) is 6.53. The van der Waals surface area contributed by atoms with E-state index in [1.807, 2.05) is 62.4 Å². The molecule has 2 rings (SSSR count). The number of rotatable bonds is 4. The van der Waals surface area contributed by atoms with Crippen LogP contribution < -0.4 is 0 Å². The minimum Gasteiger partial charge on any atom is -0.254 e. The Morgan fingerprint density at radius 3 is 2.50 bits per heavy atom. The third kappa shape index (κ3) is 3.15. The summed E-state index contributed by atoms with van der Waals surface area (Å²) >= 11 is 0. The molecule has 0 aliphatic rings. The van der Waals surface area contributed by atoms with E-state index in [0.717, 1.165) is 21.6 Å². The van der Waals surface area contributed by atoms with Crippen molar-refractivity contribution in [1.82, 2.24) is 0 Å². The van der Waals surface area contributed by atoms with Crippen LogP contribution in [0.3, 0.4) is 0 Å². The van der Waals surface area contributed by atoms with Crippen LogP contribution in [-0.4, -0.2) is 4.21 Å². The van der Waals surface area contributed by atoms with E-state index in [1.165, 1.54) is 0 Å². The van der Waals surface area contributed by atoms with E-state index in [0.29, 0.717) is 0 Å². The monoisotopic (exact) mass is 283 g/mol. The number of nitriles is 1. The van der Waals surface area contributed by atoms with Gasteiger partial charge in [-0.3, -0.25) is 4.21 Å². The fraction of sp³-hybridized carbons (Fsp3) is 0.235. The topological polar surface area (TPSA) is 40.9 Å². The first-order chi connectivity index (χ1) is 9.63. The van der Waals surface area contributed by atoms with Crippen molar-refractivity contribution >= 4 is 10.8 Å². The fourth-order valence-corrected chi connectivity index (χ4v) is 3.77. The van der Waals surface area contributed by atoms with Gasteiger partial charge in [0.25, 0.3) is 0 Å². The highest BCUT2D eigenvalue weighted by molar-refractivity contribution is 7.85. The highest BCUT2D eigenvalue weighted by atomic mass is 32.2. The van der Waals surface area contributed by atoms with E-state index in [2.05, 4.69) is 6.07 Å². The number of hydrogen-bond donors (Lipinski definition) is 0. The van der Waals surface area contributed by atoms with Crippen LogP contribution >= 0.6 is 0 Å². The minimum atomic E-state index is -1.22. The van der Waals surface area contributed by atoms with Crippen LogP contribution in [0.5, 0.6) is 0 Å². The van der Waals surface area contributed by atoms with Gasteiger partial charge >= 0.3 is 0 Å². The summed E-state index contributed by atoms with van der Waals surface area (Å²) in [5.74, 6) is 0.